The molecule has 0 fully saturated rings. The first-order valence-electron chi connectivity index (χ1n) is 12.6. The number of hydrogen-bond acceptors (Lipinski definition) is 5. The Hall–Kier alpha value is -3.65. The molecular weight excluding hydrogens is 454 g/mol. The summed E-state index contributed by atoms with van der Waals surface area (Å²) in [5.74, 6) is -0.120. The van der Waals surface area contributed by atoms with Crippen LogP contribution in [0.15, 0.2) is 70.3 Å². The summed E-state index contributed by atoms with van der Waals surface area (Å²) in [7, 11) is 0. The van der Waals surface area contributed by atoms with Crippen molar-refractivity contribution in [2.24, 2.45) is 5.92 Å². The summed E-state index contributed by atoms with van der Waals surface area (Å²) in [5.41, 5.74) is 7.36. The van der Waals surface area contributed by atoms with Crippen LogP contribution in [0.3, 0.4) is 0 Å². The van der Waals surface area contributed by atoms with Gasteiger partial charge in [0.15, 0.2) is 5.69 Å². The van der Waals surface area contributed by atoms with Gasteiger partial charge in [-0.05, 0) is 29.9 Å². The maximum atomic E-state index is 13.5. The van der Waals surface area contributed by atoms with Crippen LogP contribution in [-0.4, -0.2) is 28.5 Å². The number of aromatic nitrogens is 2. The molecule has 1 unspecified atom stereocenters. The lowest BCUT2D eigenvalue weighted by Crippen LogP contribution is -2.45. The minimum atomic E-state index is -0.647. The molecule has 3 rings (SSSR count). The summed E-state index contributed by atoms with van der Waals surface area (Å²) < 4.78 is 1.34. The molecule has 0 bridgehead atoms. The molecule has 192 valence electrons. The second-order valence-electron chi connectivity index (χ2n) is 9.43. The van der Waals surface area contributed by atoms with Crippen LogP contribution in [0.1, 0.15) is 50.8 Å². The van der Waals surface area contributed by atoms with Gasteiger partial charge in [0.2, 0.25) is 5.91 Å². The number of rotatable bonds is 12. The molecule has 3 aromatic rings. The highest BCUT2D eigenvalue weighted by Gasteiger charge is 2.25. The number of nitrogens with one attached hydrogen (secondary N) is 2. The fourth-order valence-corrected chi connectivity index (χ4v) is 4.21. The second kappa shape index (κ2) is 12.9. The Morgan fingerprint density at radius 3 is 2.31 bits per heavy atom. The minimum absolute atomic E-state index is 0.0122. The van der Waals surface area contributed by atoms with Crippen molar-refractivity contribution in [3.8, 4) is 0 Å². The molecule has 0 spiro atoms. The maximum Gasteiger partial charge on any atom is 0.330 e. The van der Waals surface area contributed by atoms with Crippen molar-refractivity contribution in [3.05, 3.63) is 92.6 Å². The van der Waals surface area contributed by atoms with Crippen LogP contribution in [-0.2, 0) is 17.8 Å². The summed E-state index contributed by atoms with van der Waals surface area (Å²) in [5, 5.41) is 3.40. The highest BCUT2D eigenvalue weighted by atomic mass is 16.2. The predicted octanol–water partition coefficient (Wildman–Crippen LogP) is 3.48. The van der Waals surface area contributed by atoms with Gasteiger partial charge in [-0.1, -0.05) is 87.9 Å². The van der Waals surface area contributed by atoms with E-state index >= 15 is 0 Å². The molecule has 0 aliphatic heterocycles. The van der Waals surface area contributed by atoms with Crippen molar-refractivity contribution in [1.29, 1.82) is 0 Å². The van der Waals surface area contributed by atoms with Gasteiger partial charge in [-0.3, -0.25) is 19.1 Å². The molecule has 0 radical (unpaired) electrons. The van der Waals surface area contributed by atoms with E-state index in [2.05, 4.69) is 22.4 Å². The molecule has 0 aliphatic carbocycles. The van der Waals surface area contributed by atoms with Crippen LogP contribution < -0.4 is 27.2 Å². The zero-order chi connectivity index (χ0) is 26.1. The molecule has 0 aliphatic rings. The number of nitrogens with two attached hydrogens (primary N) is 1. The number of aromatic amines is 1. The van der Waals surface area contributed by atoms with E-state index < -0.39 is 11.2 Å². The predicted molar refractivity (Wildman–Crippen MR) is 145 cm³/mol. The molecule has 2 aromatic carbocycles. The number of nitrogen functional groups attached to an aromatic ring is 1. The van der Waals surface area contributed by atoms with Gasteiger partial charge in [-0.2, -0.15) is 0 Å². The van der Waals surface area contributed by atoms with E-state index in [1.165, 1.54) is 9.47 Å². The van der Waals surface area contributed by atoms with E-state index in [4.69, 9.17) is 5.73 Å². The number of unbranched alkanes of at least 4 members (excludes halogenated alkanes) is 1. The first-order valence-corrected chi connectivity index (χ1v) is 12.6. The third-order valence-electron chi connectivity index (χ3n) is 6.05. The first kappa shape index (κ1) is 26.9. The largest absolute Gasteiger partial charge is 0.383 e. The van der Waals surface area contributed by atoms with Gasteiger partial charge in [0.1, 0.15) is 5.82 Å². The zero-order valence-corrected chi connectivity index (χ0v) is 21.4. The fraction of sp³-hybridized carbons (Fsp3) is 0.393. The van der Waals surface area contributed by atoms with Crippen LogP contribution in [0, 0.1) is 5.92 Å². The first-order chi connectivity index (χ1) is 17.3. The number of nitrogens with zero attached hydrogens (tertiary/aromatic N) is 2. The van der Waals surface area contributed by atoms with Gasteiger partial charge in [-0.25, -0.2) is 4.79 Å². The second-order valence-corrected chi connectivity index (χ2v) is 9.43. The summed E-state index contributed by atoms with van der Waals surface area (Å²) in [6.45, 7) is 6.61. The van der Waals surface area contributed by atoms with Gasteiger partial charge in [0.25, 0.3) is 5.56 Å². The van der Waals surface area contributed by atoms with Gasteiger partial charge in [0, 0.05) is 19.1 Å². The lowest BCUT2D eigenvalue weighted by molar-refractivity contribution is -0.118. The Morgan fingerprint density at radius 2 is 1.69 bits per heavy atom. The van der Waals surface area contributed by atoms with Gasteiger partial charge in [0.05, 0.1) is 6.54 Å². The van der Waals surface area contributed by atoms with E-state index in [9.17, 15) is 14.4 Å². The lowest BCUT2D eigenvalue weighted by atomic mass is 9.99. The van der Waals surface area contributed by atoms with Crippen molar-refractivity contribution in [1.82, 2.24) is 14.9 Å². The Kier molecular flexibility index (Phi) is 9.64. The molecule has 1 aromatic heterocycles. The standard InChI is InChI=1S/C28H37N5O3/c1-4-5-16-32(25-26(29)33(19-20(2)3)28(36)31-27(25)35)24(34)18-30-23(22-14-10-7-11-15-22)17-21-12-8-6-9-13-21/h6-15,20,23,30H,4-5,16-19,29H2,1-3H3,(H,31,35,36). The van der Waals surface area contributed by atoms with E-state index in [1.54, 1.807) is 0 Å². The Labute approximate surface area is 212 Å². The molecule has 4 N–H and O–H groups in total. The topological polar surface area (TPSA) is 113 Å². The smallest absolute Gasteiger partial charge is 0.330 e. The number of benzene rings is 2. The van der Waals surface area contributed by atoms with Crippen molar-refractivity contribution in [2.75, 3.05) is 23.7 Å². The number of carbonyl (C=O) groups is 1. The molecule has 8 heteroatoms. The quantitative estimate of drug-likeness (QED) is 0.359. The van der Waals surface area contributed by atoms with E-state index in [-0.39, 0.29) is 35.9 Å². The Morgan fingerprint density at radius 1 is 1.06 bits per heavy atom. The van der Waals surface area contributed by atoms with Crippen molar-refractivity contribution in [3.63, 3.8) is 0 Å². The molecule has 1 heterocycles. The number of carbonyl (C=O) groups excluding carboxylic acids is 1. The highest BCUT2D eigenvalue weighted by molar-refractivity contribution is 5.96. The van der Waals surface area contributed by atoms with Crippen LogP contribution in [0.4, 0.5) is 11.5 Å². The number of H-pyrrole nitrogens is 1. The van der Waals surface area contributed by atoms with Crippen molar-refractivity contribution < 1.29 is 4.79 Å². The van der Waals surface area contributed by atoms with Crippen LogP contribution in [0.25, 0.3) is 0 Å². The average molecular weight is 492 g/mol. The maximum absolute atomic E-state index is 13.5. The molecule has 0 saturated heterocycles. The number of hydrogen-bond donors (Lipinski definition) is 3. The van der Waals surface area contributed by atoms with Crippen LogP contribution in [0.2, 0.25) is 0 Å². The monoisotopic (exact) mass is 491 g/mol. The Balaban J connectivity index is 1.89. The van der Waals surface area contributed by atoms with Crippen molar-refractivity contribution in [2.45, 2.75) is 52.6 Å². The van der Waals surface area contributed by atoms with Gasteiger partial charge < -0.3 is 16.0 Å². The highest BCUT2D eigenvalue weighted by Crippen LogP contribution is 2.21. The lowest BCUT2D eigenvalue weighted by Gasteiger charge is -2.26. The van der Waals surface area contributed by atoms with E-state index in [1.807, 2.05) is 69.3 Å². The summed E-state index contributed by atoms with van der Waals surface area (Å²) in [4.78, 5) is 42.6. The Bertz CT molecular complexity index is 1240. The summed E-state index contributed by atoms with van der Waals surface area (Å²) in [6.07, 6.45) is 2.23. The average Bonchev–Trinajstić information content (AvgIpc) is 2.87. The molecule has 36 heavy (non-hydrogen) atoms. The molecule has 1 atom stereocenters. The zero-order valence-electron chi connectivity index (χ0n) is 21.4. The molecule has 8 nitrogen and oxygen atoms in total. The third kappa shape index (κ3) is 6.95. The minimum Gasteiger partial charge on any atom is -0.383 e. The van der Waals surface area contributed by atoms with E-state index in [0.717, 1.165) is 17.5 Å². The van der Waals surface area contributed by atoms with Crippen LogP contribution >= 0.6 is 0 Å². The molecule has 1 amide bonds. The summed E-state index contributed by atoms with van der Waals surface area (Å²) in [6, 6.07) is 20.0. The van der Waals surface area contributed by atoms with Gasteiger partial charge >= 0.3 is 5.69 Å². The van der Waals surface area contributed by atoms with Gasteiger partial charge in [-0.15, -0.1) is 0 Å². The number of anilines is 2. The number of amides is 1. The van der Waals surface area contributed by atoms with E-state index in [0.29, 0.717) is 25.9 Å². The van der Waals surface area contributed by atoms with Crippen molar-refractivity contribution >= 4 is 17.4 Å². The summed E-state index contributed by atoms with van der Waals surface area (Å²) >= 11 is 0. The third-order valence-corrected chi connectivity index (χ3v) is 6.05. The molecule has 0 saturated carbocycles. The normalized spacial score (nSPS) is 12.0. The SMILES string of the molecule is CCCCN(C(=O)CNC(Cc1ccccc1)c1ccccc1)c1c(N)n(CC(C)C)c(=O)[nH]c1=O. The fourth-order valence-electron chi connectivity index (χ4n) is 4.21. The molecular formula is C28H37N5O3. The van der Waals surface area contributed by atoms with Crippen LogP contribution in [0.5, 0.6) is 0 Å².